The van der Waals surface area contributed by atoms with E-state index in [1.807, 2.05) is 38.1 Å². The highest BCUT2D eigenvalue weighted by Gasteiger charge is 2.09. The van der Waals surface area contributed by atoms with Gasteiger partial charge < -0.3 is 10.1 Å². The van der Waals surface area contributed by atoms with Gasteiger partial charge in [-0.2, -0.15) is 0 Å². The summed E-state index contributed by atoms with van der Waals surface area (Å²) in [7, 11) is 0. The van der Waals surface area contributed by atoms with Crippen LogP contribution in [0.4, 0.5) is 0 Å². The van der Waals surface area contributed by atoms with Crippen molar-refractivity contribution in [2.45, 2.75) is 33.2 Å². The second-order valence-electron chi connectivity index (χ2n) is 4.91. The number of aryl methyl sites for hydroxylation is 1. The largest absolute Gasteiger partial charge is 0.348 e. The zero-order chi connectivity index (χ0) is 17.8. The predicted octanol–water partition coefficient (Wildman–Crippen LogP) is 3.59. The number of aldehydes is 2. The summed E-state index contributed by atoms with van der Waals surface area (Å²) >= 11 is 0. The van der Waals surface area contributed by atoms with Crippen LogP contribution >= 0.6 is 0 Å². The smallest absolute Gasteiger partial charge is 0.252 e. The third-order valence-electron chi connectivity index (χ3n) is 3.36. The molecule has 2 rings (SSSR count). The fraction of sp³-hybridized carbons (Fsp3) is 0.250. The molecule has 4 nitrogen and oxygen atoms in total. The molecular formula is C20H23NO3. The third-order valence-corrected chi connectivity index (χ3v) is 3.36. The van der Waals surface area contributed by atoms with Crippen LogP contribution < -0.4 is 5.32 Å². The molecule has 2 aromatic carbocycles. The van der Waals surface area contributed by atoms with Crippen molar-refractivity contribution in [1.29, 1.82) is 0 Å². The summed E-state index contributed by atoms with van der Waals surface area (Å²) in [4.78, 5) is 33.4. The van der Waals surface area contributed by atoms with Gasteiger partial charge in [-0.05, 0) is 23.6 Å². The molecule has 0 saturated carbocycles. The summed E-state index contributed by atoms with van der Waals surface area (Å²) in [5.74, 6) is -0.271. The van der Waals surface area contributed by atoms with Gasteiger partial charge in [-0.15, -0.1) is 0 Å². The Hall–Kier alpha value is -2.75. The predicted molar refractivity (Wildman–Crippen MR) is 95.2 cm³/mol. The minimum atomic E-state index is -0.271. The highest BCUT2D eigenvalue weighted by Crippen LogP contribution is 2.08. The quantitative estimate of drug-likeness (QED) is 0.791. The lowest BCUT2D eigenvalue weighted by Crippen LogP contribution is -2.23. The van der Waals surface area contributed by atoms with E-state index in [4.69, 9.17) is 0 Å². The molecule has 126 valence electrons. The van der Waals surface area contributed by atoms with Gasteiger partial charge in [0.25, 0.3) is 5.91 Å². The van der Waals surface area contributed by atoms with E-state index in [0.717, 1.165) is 23.8 Å². The van der Waals surface area contributed by atoms with E-state index in [1.54, 1.807) is 24.3 Å². The van der Waals surface area contributed by atoms with Gasteiger partial charge in [-0.25, -0.2) is 0 Å². The van der Waals surface area contributed by atoms with Crippen molar-refractivity contribution in [3.05, 3.63) is 70.8 Å². The molecule has 0 spiro atoms. The highest BCUT2D eigenvalue weighted by molar-refractivity contribution is 6.01. The molecule has 0 atom stereocenters. The molecule has 24 heavy (non-hydrogen) atoms. The molecule has 4 heteroatoms. The molecule has 1 amide bonds. The van der Waals surface area contributed by atoms with Crippen molar-refractivity contribution in [3.63, 3.8) is 0 Å². The second-order valence-corrected chi connectivity index (χ2v) is 4.91. The lowest BCUT2D eigenvalue weighted by molar-refractivity contribution is -0.107. The van der Waals surface area contributed by atoms with E-state index in [1.165, 1.54) is 0 Å². The first-order valence-corrected chi connectivity index (χ1v) is 8.08. The Morgan fingerprint density at radius 2 is 1.58 bits per heavy atom. The number of hydrogen-bond acceptors (Lipinski definition) is 3. The maximum atomic E-state index is 12.1. The van der Waals surface area contributed by atoms with E-state index >= 15 is 0 Å². The summed E-state index contributed by atoms with van der Waals surface area (Å²) in [5, 5.41) is 2.80. The average Bonchev–Trinajstić information content (AvgIpc) is 2.66. The topological polar surface area (TPSA) is 63.2 Å². The molecule has 0 aliphatic rings. The number of rotatable bonds is 7. The fourth-order valence-electron chi connectivity index (χ4n) is 2.13. The van der Waals surface area contributed by atoms with Crippen LogP contribution in [0.25, 0.3) is 0 Å². The normalized spacial score (nSPS) is 9.42. The standard InChI is InChI=1S/C18H17NO3.C2H6/c20-11-3-4-14-7-9-15(10-8-14)12-19-18(22)17-6-2-1-5-16(17)13-21;1-2/h1-2,5-11,13H,3-4,12H2,(H,19,22);1-2H3. The van der Waals surface area contributed by atoms with E-state index < -0.39 is 0 Å². The van der Waals surface area contributed by atoms with Crippen molar-refractivity contribution in [3.8, 4) is 0 Å². The maximum absolute atomic E-state index is 12.1. The molecular weight excluding hydrogens is 302 g/mol. The lowest BCUT2D eigenvalue weighted by atomic mass is 10.1. The second kappa shape index (κ2) is 10.9. The van der Waals surface area contributed by atoms with Gasteiger partial charge in [0.05, 0.1) is 0 Å². The molecule has 0 aromatic heterocycles. The number of carbonyl (C=O) groups is 3. The van der Waals surface area contributed by atoms with Crippen molar-refractivity contribution >= 4 is 18.5 Å². The molecule has 0 aliphatic carbocycles. The number of hydrogen-bond donors (Lipinski definition) is 1. The Balaban J connectivity index is 0.00000139. The highest BCUT2D eigenvalue weighted by atomic mass is 16.1. The molecule has 0 fully saturated rings. The Morgan fingerprint density at radius 1 is 0.958 bits per heavy atom. The molecule has 0 radical (unpaired) electrons. The summed E-state index contributed by atoms with van der Waals surface area (Å²) in [6.07, 6.45) is 2.82. The van der Waals surface area contributed by atoms with Gasteiger partial charge in [0.2, 0.25) is 0 Å². The van der Waals surface area contributed by atoms with Gasteiger partial charge in [0.15, 0.2) is 6.29 Å². The zero-order valence-corrected chi connectivity index (χ0v) is 14.1. The minimum absolute atomic E-state index is 0.271. The number of nitrogens with one attached hydrogen (secondary N) is 1. The Kier molecular flexibility index (Phi) is 8.76. The fourth-order valence-corrected chi connectivity index (χ4v) is 2.13. The van der Waals surface area contributed by atoms with E-state index in [9.17, 15) is 14.4 Å². The maximum Gasteiger partial charge on any atom is 0.252 e. The van der Waals surface area contributed by atoms with Gasteiger partial charge in [-0.3, -0.25) is 9.59 Å². The van der Waals surface area contributed by atoms with Crippen LogP contribution in [0, 0.1) is 0 Å². The minimum Gasteiger partial charge on any atom is -0.348 e. The molecule has 0 aliphatic heterocycles. The van der Waals surface area contributed by atoms with Crippen molar-refractivity contribution in [2.24, 2.45) is 0 Å². The van der Waals surface area contributed by atoms with E-state index in [2.05, 4.69) is 5.32 Å². The van der Waals surface area contributed by atoms with Crippen LogP contribution in [-0.4, -0.2) is 18.5 Å². The Bertz CT molecular complexity index is 663. The van der Waals surface area contributed by atoms with Crippen LogP contribution in [0.15, 0.2) is 48.5 Å². The molecule has 0 saturated heterocycles. The number of amides is 1. The van der Waals surface area contributed by atoms with Crippen molar-refractivity contribution in [1.82, 2.24) is 5.32 Å². The first kappa shape index (κ1) is 19.3. The van der Waals surface area contributed by atoms with Crippen LogP contribution in [0.1, 0.15) is 52.1 Å². The van der Waals surface area contributed by atoms with E-state index in [-0.39, 0.29) is 5.91 Å². The zero-order valence-electron chi connectivity index (χ0n) is 14.1. The Labute approximate surface area is 142 Å². The van der Waals surface area contributed by atoms with Crippen LogP contribution in [0.3, 0.4) is 0 Å². The van der Waals surface area contributed by atoms with Gasteiger partial charge in [-0.1, -0.05) is 56.3 Å². The van der Waals surface area contributed by atoms with E-state index in [0.29, 0.717) is 30.4 Å². The summed E-state index contributed by atoms with van der Waals surface area (Å²) in [5.41, 5.74) is 2.81. The summed E-state index contributed by atoms with van der Waals surface area (Å²) < 4.78 is 0. The first-order valence-electron chi connectivity index (χ1n) is 8.08. The van der Waals surface area contributed by atoms with Crippen LogP contribution in [-0.2, 0) is 17.8 Å². The first-order chi connectivity index (χ1) is 11.7. The monoisotopic (exact) mass is 325 g/mol. The molecule has 0 heterocycles. The van der Waals surface area contributed by atoms with Gasteiger partial charge in [0, 0.05) is 24.1 Å². The van der Waals surface area contributed by atoms with Crippen LogP contribution in [0.5, 0.6) is 0 Å². The van der Waals surface area contributed by atoms with Crippen molar-refractivity contribution in [2.75, 3.05) is 0 Å². The summed E-state index contributed by atoms with van der Waals surface area (Å²) in [6.45, 7) is 4.39. The third kappa shape index (κ3) is 5.80. The average molecular weight is 325 g/mol. The molecule has 0 bridgehead atoms. The van der Waals surface area contributed by atoms with Gasteiger partial charge in [0.1, 0.15) is 6.29 Å². The number of carbonyl (C=O) groups excluding carboxylic acids is 3. The summed E-state index contributed by atoms with van der Waals surface area (Å²) in [6, 6.07) is 14.4. The SMILES string of the molecule is CC.O=CCCc1ccc(CNC(=O)c2ccccc2C=O)cc1. The Morgan fingerprint density at radius 3 is 2.21 bits per heavy atom. The van der Waals surface area contributed by atoms with Crippen LogP contribution in [0.2, 0.25) is 0 Å². The van der Waals surface area contributed by atoms with Gasteiger partial charge >= 0.3 is 0 Å². The van der Waals surface area contributed by atoms with Crippen molar-refractivity contribution < 1.29 is 14.4 Å². The number of benzene rings is 2. The molecule has 2 aromatic rings. The molecule has 0 unspecified atom stereocenters. The molecule has 1 N–H and O–H groups in total. The lowest BCUT2D eigenvalue weighted by Gasteiger charge is -2.08.